The number of benzene rings is 3. The van der Waals surface area contributed by atoms with E-state index in [0.29, 0.717) is 0 Å². The lowest BCUT2D eigenvalue weighted by atomic mass is 9.98. The molecule has 0 spiro atoms. The van der Waals surface area contributed by atoms with Gasteiger partial charge in [0.15, 0.2) is 0 Å². The molecule has 3 aromatic carbocycles. The van der Waals surface area contributed by atoms with Crippen LogP contribution in [0.4, 0.5) is 0 Å². The van der Waals surface area contributed by atoms with Crippen LogP contribution in [0, 0.1) is 0 Å². The Morgan fingerprint density at radius 3 is 2.27 bits per heavy atom. The molecule has 1 heterocycles. The Morgan fingerprint density at radius 2 is 1.45 bits per heavy atom. The molecule has 0 aliphatic rings. The van der Waals surface area contributed by atoms with Crippen LogP contribution in [0.3, 0.4) is 0 Å². The first-order valence-corrected chi connectivity index (χ1v) is 7.19. The molecular formula is C20H14O2. The molecule has 0 aliphatic heterocycles. The zero-order chi connectivity index (χ0) is 14.9. The Balaban J connectivity index is 1.95. The van der Waals surface area contributed by atoms with Crippen molar-refractivity contribution in [3.05, 3.63) is 78.9 Å². The lowest BCUT2D eigenvalue weighted by molar-refractivity contribution is 0.475. The highest BCUT2D eigenvalue weighted by Crippen LogP contribution is 2.37. The first-order valence-electron chi connectivity index (χ1n) is 7.19. The van der Waals surface area contributed by atoms with Crippen molar-refractivity contribution >= 4 is 11.0 Å². The summed E-state index contributed by atoms with van der Waals surface area (Å²) >= 11 is 0. The normalized spacial score (nSPS) is 10.9. The third kappa shape index (κ3) is 2.15. The van der Waals surface area contributed by atoms with Crippen LogP contribution in [0.1, 0.15) is 0 Å². The lowest BCUT2D eigenvalue weighted by Crippen LogP contribution is -1.83. The van der Waals surface area contributed by atoms with Crippen LogP contribution in [0.5, 0.6) is 5.75 Å². The van der Waals surface area contributed by atoms with Crippen molar-refractivity contribution in [2.45, 2.75) is 0 Å². The van der Waals surface area contributed by atoms with Gasteiger partial charge in [-0.15, -0.1) is 0 Å². The number of para-hydroxylation sites is 1. The van der Waals surface area contributed by atoms with Crippen molar-refractivity contribution in [3.8, 4) is 28.2 Å². The van der Waals surface area contributed by atoms with Gasteiger partial charge < -0.3 is 9.52 Å². The van der Waals surface area contributed by atoms with E-state index in [9.17, 15) is 5.11 Å². The molecule has 22 heavy (non-hydrogen) atoms. The maximum absolute atomic E-state index is 9.85. The summed E-state index contributed by atoms with van der Waals surface area (Å²) in [5, 5.41) is 10.9. The second-order valence-electron chi connectivity index (χ2n) is 5.24. The molecule has 106 valence electrons. The van der Waals surface area contributed by atoms with Gasteiger partial charge >= 0.3 is 0 Å². The summed E-state index contributed by atoms with van der Waals surface area (Å²) in [7, 11) is 0. The van der Waals surface area contributed by atoms with Gasteiger partial charge in [-0.2, -0.15) is 0 Å². The number of phenols is 1. The van der Waals surface area contributed by atoms with Gasteiger partial charge in [0.05, 0.1) is 0 Å². The molecule has 0 radical (unpaired) electrons. The molecule has 0 amide bonds. The van der Waals surface area contributed by atoms with E-state index < -0.39 is 0 Å². The zero-order valence-electron chi connectivity index (χ0n) is 11.9. The maximum Gasteiger partial charge on any atom is 0.136 e. The highest BCUT2D eigenvalue weighted by atomic mass is 16.3. The number of aromatic hydroxyl groups is 1. The third-order valence-corrected chi connectivity index (χ3v) is 3.78. The molecule has 0 bridgehead atoms. The molecule has 0 unspecified atom stereocenters. The minimum atomic E-state index is 0.249. The van der Waals surface area contributed by atoms with E-state index in [0.717, 1.165) is 33.4 Å². The molecular weight excluding hydrogens is 272 g/mol. The van der Waals surface area contributed by atoms with Gasteiger partial charge in [-0.25, -0.2) is 0 Å². The minimum Gasteiger partial charge on any atom is -0.508 e. The third-order valence-electron chi connectivity index (χ3n) is 3.78. The van der Waals surface area contributed by atoms with Gasteiger partial charge in [-0.1, -0.05) is 48.5 Å². The van der Waals surface area contributed by atoms with Crippen LogP contribution in [0.2, 0.25) is 0 Å². The van der Waals surface area contributed by atoms with Crippen LogP contribution < -0.4 is 0 Å². The Morgan fingerprint density at radius 1 is 0.682 bits per heavy atom. The van der Waals surface area contributed by atoms with Crippen molar-refractivity contribution in [2.75, 3.05) is 0 Å². The second-order valence-corrected chi connectivity index (χ2v) is 5.24. The van der Waals surface area contributed by atoms with Crippen molar-refractivity contribution in [1.29, 1.82) is 0 Å². The second kappa shape index (κ2) is 5.08. The maximum atomic E-state index is 9.85. The summed E-state index contributed by atoms with van der Waals surface area (Å²) in [5.74, 6) is 1.05. The van der Waals surface area contributed by atoms with E-state index in [4.69, 9.17) is 4.42 Å². The Labute approximate surface area is 128 Å². The predicted molar refractivity (Wildman–Crippen MR) is 88.8 cm³/mol. The van der Waals surface area contributed by atoms with E-state index in [2.05, 4.69) is 0 Å². The molecule has 1 aromatic heterocycles. The quantitative estimate of drug-likeness (QED) is 0.530. The van der Waals surface area contributed by atoms with Crippen LogP contribution in [0.25, 0.3) is 33.4 Å². The summed E-state index contributed by atoms with van der Waals surface area (Å²) in [5.41, 5.74) is 3.85. The Kier molecular flexibility index (Phi) is 2.94. The number of fused-ring (bicyclic) bond motifs is 1. The molecule has 4 aromatic rings. The van der Waals surface area contributed by atoms with Crippen LogP contribution >= 0.6 is 0 Å². The fourth-order valence-electron chi connectivity index (χ4n) is 2.72. The van der Waals surface area contributed by atoms with Crippen molar-refractivity contribution in [3.63, 3.8) is 0 Å². The first-order chi connectivity index (χ1) is 10.8. The molecule has 4 rings (SSSR count). The van der Waals surface area contributed by atoms with Crippen molar-refractivity contribution in [1.82, 2.24) is 0 Å². The summed E-state index contributed by atoms with van der Waals surface area (Å²) in [4.78, 5) is 0. The fourth-order valence-corrected chi connectivity index (χ4v) is 2.72. The molecule has 0 saturated carbocycles. The van der Waals surface area contributed by atoms with E-state index in [1.807, 2.05) is 66.7 Å². The smallest absolute Gasteiger partial charge is 0.136 e. The van der Waals surface area contributed by atoms with E-state index in [1.165, 1.54) is 0 Å². The summed E-state index contributed by atoms with van der Waals surface area (Å²) in [6, 6.07) is 25.4. The standard InChI is InChI=1S/C20H14O2/c21-16-10-11-17(18(13-16)14-6-2-1-3-7-14)20-12-15-8-4-5-9-19(15)22-20/h1-13,21H. The highest BCUT2D eigenvalue weighted by molar-refractivity contribution is 5.88. The molecule has 2 heteroatoms. The first kappa shape index (κ1) is 12.7. The van der Waals surface area contributed by atoms with E-state index in [1.54, 1.807) is 12.1 Å². The molecule has 0 aliphatic carbocycles. The molecule has 0 atom stereocenters. The molecule has 1 N–H and O–H groups in total. The van der Waals surface area contributed by atoms with Gasteiger partial charge in [0, 0.05) is 10.9 Å². The highest BCUT2D eigenvalue weighted by Gasteiger charge is 2.12. The van der Waals surface area contributed by atoms with E-state index in [-0.39, 0.29) is 5.75 Å². The van der Waals surface area contributed by atoms with Gasteiger partial charge in [-0.05, 0) is 41.5 Å². The molecule has 0 fully saturated rings. The largest absolute Gasteiger partial charge is 0.508 e. The monoisotopic (exact) mass is 286 g/mol. The zero-order valence-corrected chi connectivity index (χ0v) is 11.9. The van der Waals surface area contributed by atoms with E-state index >= 15 is 0 Å². The average Bonchev–Trinajstić information content (AvgIpc) is 2.99. The number of rotatable bonds is 2. The number of furan rings is 1. The van der Waals surface area contributed by atoms with Gasteiger partial charge in [0.2, 0.25) is 0 Å². The number of hydrogen-bond donors (Lipinski definition) is 1. The fraction of sp³-hybridized carbons (Fsp3) is 0. The number of hydrogen-bond acceptors (Lipinski definition) is 2. The Hall–Kier alpha value is -3.00. The number of phenolic OH excluding ortho intramolecular Hbond substituents is 1. The van der Waals surface area contributed by atoms with Crippen LogP contribution in [-0.2, 0) is 0 Å². The lowest BCUT2D eigenvalue weighted by Gasteiger charge is -2.08. The van der Waals surface area contributed by atoms with Gasteiger partial charge in [0.25, 0.3) is 0 Å². The molecule has 0 saturated heterocycles. The SMILES string of the molecule is Oc1ccc(-c2cc3ccccc3o2)c(-c2ccccc2)c1. The summed E-state index contributed by atoms with van der Waals surface area (Å²) < 4.78 is 5.97. The minimum absolute atomic E-state index is 0.249. The van der Waals surface area contributed by atoms with Gasteiger partial charge in [0.1, 0.15) is 17.1 Å². The van der Waals surface area contributed by atoms with Crippen molar-refractivity contribution < 1.29 is 9.52 Å². The van der Waals surface area contributed by atoms with Crippen molar-refractivity contribution in [2.24, 2.45) is 0 Å². The Bertz CT molecular complexity index is 903. The predicted octanol–water partition coefficient (Wildman–Crippen LogP) is 5.47. The summed E-state index contributed by atoms with van der Waals surface area (Å²) in [6.45, 7) is 0. The molecule has 2 nitrogen and oxygen atoms in total. The topological polar surface area (TPSA) is 33.4 Å². The summed E-state index contributed by atoms with van der Waals surface area (Å²) in [6.07, 6.45) is 0. The van der Waals surface area contributed by atoms with Crippen LogP contribution in [-0.4, -0.2) is 5.11 Å². The van der Waals surface area contributed by atoms with Crippen LogP contribution in [0.15, 0.2) is 83.3 Å². The van der Waals surface area contributed by atoms with Gasteiger partial charge in [-0.3, -0.25) is 0 Å². The average molecular weight is 286 g/mol.